The molecule has 0 aliphatic heterocycles. The van der Waals surface area contributed by atoms with Gasteiger partial charge in [-0.25, -0.2) is 4.98 Å². The van der Waals surface area contributed by atoms with Gasteiger partial charge in [-0.1, -0.05) is 37.6 Å². The van der Waals surface area contributed by atoms with Crippen LogP contribution in [0.4, 0.5) is 13.2 Å². The molecule has 0 spiro atoms. The van der Waals surface area contributed by atoms with Crippen LogP contribution >= 0.6 is 0 Å². The fourth-order valence-corrected chi connectivity index (χ4v) is 4.10. The van der Waals surface area contributed by atoms with E-state index in [4.69, 9.17) is 4.74 Å². The maximum Gasteiger partial charge on any atom is 0.416 e. The Kier molecular flexibility index (Phi) is 5.54. The van der Waals surface area contributed by atoms with E-state index in [1.807, 2.05) is 24.3 Å². The second-order valence-electron chi connectivity index (χ2n) is 7.97. The molecule has 4 nitrogen and oxygen atoms in total. The smallest absolute Gasteiger partial charge is 0.416 e. The average molecular weight is 416 g/mol. The number of ether oxygens (including phenoxy) is 1. The predicted molar refractivity (Wildman–Crippen MR) is 108 cm³/mol. The molecule has 0 N–H and O–H groups in total. The number of hydrogen-bond donors (Lipinski definition) is 0. The van der Waals surface area contributed by atoms with Gasteiger partial charge in [0.2, 0.25) is 0 Å². The van der Waals surface area contributed by atoms with Gasteiger partial charge >= 0.3 is 12.1 Å². The maximum absolute atomic E-state index is 12.9. The number of halogens is 3. The van der Waals surface area contributed by atoms with Crippen molar-refractivity contribution in [3.8, 4) is 11.4 Å². The van der Waals surface area contributed by atoms with Crippen molar-refractivity contribution in [3.05, 3.63) is 54.1 Å². The first-order valence-electron chi connectivity index (χ1n) is 10.1. The third-order valence-corrected chi connectivity index (χ3v) is 5.60. The van der Waals surface area contributed by atoms with Crippen LogP contribution in [-0.4, -0.2) is 21.6 Å². The molecule has 1 saturated carbocycles. The largest absolute Gasteiger partial charge is 0.461 e. The molecule has 0 bridgehead atoms. The van der Waals surface area contributed by atoms with Crippen LogP contribution in [0.2, 0.25) is 0 Å². The van der Waals surface area contributed by atoms with Crippen molar-refractivity contribution in [2.45, 2.75) is 51.4 Å². The Balaban J connectivity index is 1.63. The molecule has 3 aromatic rings. The molecule has 0 saturated heterocycles. The molecule has 1 heterocycles. The Labute approximate surface area is 172 Å². The highest BCUT2D eigenvalue weighted by atomic mass is 19.4. The van der Waals surface area contributed by atoms with Gasteiger partial charge in [0.15, 0.2) is 0 Å². The molecule has 2 atom stereocenters. The van der Waals surface area contributed by atoms with E-state index in [9.17, 15) is 18.0 Å². The summed E-state index contributed by atoms with van der Waals surface area (Å²) in [4.78, 5) is 17.2. The number of alkyl halides is 3. The standard InChI is InChI=1S/C23H23F3N2O2/c1-15-5-4-6-18(13-15)30-21(29)14-28-20-8-3-2-7-19(20)27-22(28)16-9-11-17(12-10-16)23(24,25)26/h2-3,7-12,15,18H,4-6,13-14H2,1H3/t15-,18+/m1/s1. The zero-order chi connectivity index (χ0) is 21.3. The van der Waals surface area contributed by atoms with Gasteiger partial charge in [-0.2, -0.15) is 13.2 Å². The van der Waals surface area contributed by atoms with Crippen LogP contribution in [0.5, 0.6) is 0 Å². The van der Waals surface area contributed by atoms with Crippen LogP contribution in [0.3, 0.4) is 0 Å². The second-order valence-corrected chi connectivity index (χ2v) is 7.97. The normalized spacial score (nSPS) is 19.7. The van der Waals surface area contributed by atoms with Crippen LogP contribution in [0.1, 0.15) is 38.2 Å². The molecule has 1 aromatic heterocycles. The van der Waals surface area contributed by atoms with Crippen molar-refractivity contribution in [3.63, 3.8) is 0 Å². The summed E-state index contributed by atoms with van der Waals surface area (Å²) in [5.41, 5.74) is 1.20. The first-order chi connectivity index (χ1) is 14.3. The highest BCUT2D eigenvalue weighted by Crippen LogP contribution is 2.32. The summed E-state index contributed by atoms with van der Waals surface area (Å²) in [5.74, 6) is 0.623. The van der Waals surface area contributed by atoms with E-state index in [-0.39, 0.29) is 18.6 Å². The van der Waals surface area contributed by atoms with Gasteiger partial charge in [0.1, 0.15) is 18.5 Å². The number of fused-ring (bicyclic) bond motifs is 1. The summed E-state index contributed by atoms with van der Waals surface area (Å²) in [6.45, 7) is 2.12. The lowest BCUT2D eigenvalue weighted by Gasteiger charge is -2.26. The Morgan fingerprint density at radius 1 is 1.13 bits per heavy atom. The zero-order valence-electron chi connectivity index (χ0n) is 16.7. The number of imidazole rings is 1. The Hall–Kier alpha value is -2.83. The molecular weight excluding hydrogens is 393 g/mol. The number of aromatic nitrogens is 2. The van der Waals surface area contributed by atoms with Crippen molar-refractivity contribution in [1.29, 1.82) is 0 Å². The fourth-order valence-electron chi connectivity index (χ4n) is 4.10. The van der Waals surface area contributed by atoms with Crippen molar-refractivity contribution in [2.24, 2.45) is 5.92 Å². The monoisotopic (exact) mass is 416 g/mol. The SMILES string of the molecule is C[C@@H]1CCC[C@H](OC(=O)Cn2c(-c3ccc(C(F)(F)F)cc3)nc3ccccc32)C1. The molecule has 1 aliphatic carbocycles. The van der Waals surface area contributed by atoms with E-state index < -0.39 is 11.7 Å². The molecule has 7 heteroatoms. The molecular formula is C23H23F3N2O2. The molecule has 158 valence electrons. The van der Waals surface area contributed by atoms with Gasteiger partial charge in [0, 0.05) is 5.56 Å². The molecule has 0 radical (unpaired) electrons. The van der Waals surface area contributed by atoms with E-state index in [0.29, 0.717) is 22.8 Å². The van der Waals surface area contributed by atoms with Crippen molar-refractivity contribution in [1.82, 2.24) is 9.55 Å². The Bertz CT molecular complexity index is 1040. The lowest BCUT2D eigenvalue weighted by molar-refractivity contribution is -0.151. The van der Waals surface area contributed by atoms with Crippen LogP contribution in [0.15, 0.2) is 48.5 Å². The van der Waals surface area contributed by atoms with Crippen molar-refractivity contribution < 1.29 is 22.7 Å². The van der Waals surface area contributed by atoms with Gasteiger partial charge in [-0.15, -0.1) is 0 Å². The van der Waals surface area contributed by atoms with Crippen LogP contribution in [0.25, 0.3) is 22.4 Å². The topological polar surface area (TPSA) is 44.1 Å². The average Bonchev–Trinajstić information content (AvgIpc) is 3.06. The Morgan fingerprint density at radius 3 is 2.57 bits per heavy atom. The molecule has 0 amide bonds. The molecule has 0 unspecified atom stereocenters. The minimum absolute atomic E-state index is 0.0399. The molecule has 4 rings (SSSR count). The minimum Gasteiger partial charge on any atom is -0.461 e. The van der Waals surface area contributed by atoms with Gasteiger partial charge < -0.3 is 9.30 Å². The number of para-hydroxylation sites is 2. The van der Waals surface area contributed by atoms with E-state index in [2.05, 4.69) is 11.9 Å². The molecule has 1 fully saturated rings. The predicted octanol–water partition coefficient (Wildman–Crippen LogP) is 5.84. The summed E-state index contributed by atoms with van der Waals surface area (Å²) in [7, 11) is 0. The lowest BCUT2D eigenvalue weighted by Crippen LogP contribution is -2.26. The lowest BCUT2D eigenvalue weighted by atomic mass is 9.89. The third kappa shape index (κ3) is 4.35. The number of carbonyl (C=O) groups is 1. The number of benzene rings is 2. The van der Waals surface area contributed by atoms with Crippen LogP contribution < -0.4 is 0 Å². The fraction of sp³-hybridized carbons (Fsp3) is 0.391. The summed E-state index contributed by atoms with van der Waals surface area (Å²) < 4.78 is 46.1. The van der Waals surface area contributed by atoms with E-state index >= 15 is 0 Å². The number of hydrogen-bond acceptors (Lipinski definition) is 3. The first-order valence-corrected chi connectivity index (χ1v) is 10.1. The number of carbonyl (C=O) groups excluding carboxylic acids is 1. The highest BCUT2D eigenvalue weighted by molar-refractivity contribution is 5.83. The van der Waals surface area contributed by atoms with Crippen LogP contribution in [-0.2, 0) is 22.3 Å². The third-order valence-electron chi connectivity index (χ3n) is 5.60. The first kappa shape index (κ1) is 20.4. The maximum atomic E-state index is 12.9. The molecule has 1 aliphatic rings. The van der Waals surface area contributed by atoms with Gasteiger partial charge in [-0.05, 0) is 49.4 Å². The van der Waals surface area contributed by atoms with Gasteiger partial charge in [-0.3, -0.25) is 4.79 Å². The van der Waals surface area contributed by atoms with Gasteiger partial charge in [0.25, 0.3) is 0 Å². The quantitative estimate of drug-likeness (QED) is 0.502. The summed E-state index contributed by atoms with van der Waals surface area (Å²) in [6.07, 6.45) is -0.554. The number of esters is 1. The molecule has 2 aromatic carbocycles. The minimum atomic E-state index is -4.40. The zero-order valence-corrected chi connectivity index (χ0v) is 16.7. The molecule has 30 heavy (non-hydrogen) atoms. The van der Waals surface area contributed by atoms with Gasteiger partial charge in [0.05, 0.1) is 16.6 Å². The van der Waals surface area contributed by atoms with E-state index in [1.54, 1.807) is 4.57 Å². The van der Waals surface area contributed by atoms with Crippen LogP contribution in [0, 0.1) is 5.92 Å². The van der Waals surface area contributed by atoms with Crippen molar-refractivity contribution >= 4 is 17.0 Å². The Morgan fingerprint density at radius 2 is 1.87 bits per heavy atom. The number of nitrogens with zero attached hydrogens (tertiary/aromatic N) is 2. The summed E-state index contributed by atoms with van der Waals surface area (Å²) in [6, 6.07) is 12.1. The number of rotatable bonds is 4. The highest BCUT2D eigenvalue weighted by Gasteiger charge is 2.30. The summed E-state index contributed by atoms with van der Waals surface area (Å²) in [5, 5.41) is 0. The van der Waals surface area contributed by atoms with E-state index in [0.717, 1.165) is 43.3 Å². The van der Waals surface area contributed by atoms with Crippen molar-refractivity contribution in [2.75, 3.05) is 0 Å². The summed E-state index contributed by atoms with van der Waals surface area (Å²) >= 11 is 0. The second kappa shape index (κ2) is 8.13. The van der Waals surface area contributed by atoms with E-state index in [1.165, 1.54) is 12.1 Å².